The Morgan fingerprint density at radius 3 is 2.91 bits per heavy atom. The highest BCUT2D eigenvalue weighted by atomic mass is 16.2. The van der Waals surface area contributed by atoms with E-state index in [1.807, 2.05) is 25.3 Å². The van der Waals surface area contributed by atoms with Gasteiger partial charge in [-0.2, -0.15) is 0 Å². The molecule has 3 N–H and O–H groups in total. The van der Waals surface area contributed by atoms with Crippen LogP contribution in [0.5, 0.6) is 0 Å². The summed E-state index contributed by atoms with van der Waals surface area (Å²) in [4.78, 5) is 25.9. The summed E-state index contributed by atoms with van der Waals surface area (Å²) < 4.78 is 0. The van der Waals surface area contributed by atoms with Gasteiger partial charge in [-0.25, -0.2) is 9.78 Å². The van der Waals surface area contributed by atoms with Crippen molar-refractivity contribution >= 4 is 35.1 Å². The van der Waals surface area contributed by atoms with E-state index in [1.54, 1.807) is 18.2 Å². The number of aromatic nitrogens is 1. The molecular weight excluding hydrogens is 400 g/mol. The van der Waals surface area contributed by atoms with E-state index >= 15 is 0 Å². The number of nitrogens with two attached hydrogens (primary N) is 1. The quantitative estimate of drug-likeness (QED) is 0.427. The van der Waals surface area contributed by atoms with E-state index in [0.29, 0.717) is 23.8 Å². The Bertz CT molecular complexity index is 1080. The van der Waals surface area contributed by atoms with Crippen LogP contribution in [0.1, 0.15) is 36.5 Å². The first kappa shape index (κ1) is 21.9. The predicted octanol–water partition coefficient (Wildman–Crippen LogP) is 4.41. The topological polar surface area (TPSA) is 86.9 Å². The number of nitrogens with zero attached hydrogens (tertiary/aromatic N) is 4. The predicted molar refractivity (Wildman–Crippen MR) is 133 cm³/mol. The molecule has 7 heteroatoms. The number of nitrogens with one attached hydrogen (secondary N) is 1. The van der Waals surface area contributed by atoms with Crippen LogP contribution >= 0.6 is 0 Å². The van der Waals surface area contributed by atoms with Crippen molar-refractivity contribution in [1.82, 2.24) is 4.98 Å². The van der Waals surface area contributed by atoms with Gasteiger partial charge in [0.15, 0.2) is 0 Å². The summed E-state index contributed by atoms with van der Waals surface area (Å²) in [7, 11) is 1.70. The number of urea groups is 1. The number of nitrogen functional groups attached to an aromatic ring is 1. The Kier molecular flexibility index (Phi) is 6.17. The average Bonchev–Trinajstić information content (AvgIpc) is 3.14. The number of carbonyl (C=O) groups excluding carboxylic acids is 1. The van der Waals surface area contributed by atoms with Gasteiger partial charge in [0.25, 0.3) is 0 Å². The largest absolute Gasteiger partial charge is 0.398 e. The fourth-order valence-corrected chi connectivity index (χ4v) is 4.53. The summed E-state index contributed by atoms with van der Waals surface area (Å²) in [6, 6.07) is 5.62. The third-order valence-electron chi connectivity index (χ3n) is 6.61. The van der Waals surface area contributed by atoms with Crippen molar-refractivity contribution in [1.29, 1.82) is 0 Å². The number of hydrogen-bond donors (Lipinski definition) is 2. The Hall–Kier alpha value is -3.35. The maximum Gasteiger partial charge on any atom is 0.327 e. The first-order valence-corrected chi connectivity index (χ1v) is 11.2. The number of benzene rings is 1. The fourth-order valence-electron chi connectivity index (χ4n) is 4.53. The van der Waals surface area contributed by atoms with Gasteiger partial charge in [0.2, 0.25) is 0 Å². The van der Waals surface area contributed by atoms with Gasteiger partial charge in [-0.1, -0.05) is 19.1 Å². The molecule has 1 atom stereocenters. The molecule has 2 amide bonds. The fraction of sp³-hybridized carbons (Fsp3) is 0.400. The molecule has 1 fully saturated rings. The van der Waals surface area contributed by atoms with Gasteiger partial charge in [-0.05, 0) is 55.9 Å². The first-order chi connectivity index (χ1) is 15.4. The van der Waals surface area contributed by atoms with Crippen LogP contribution in [0.25, 0.3) is 0 Å². The molecule has 0 radical (unpaired) electrons. The second kappa shape index (κ2) is 9.02. The lowest BCUT2D eigenvalue weighted by Crippen LogP contribution is -2.34. The summed E-state index contributed by atoms with van der Waals surface area (Å²) in [6.45, 7) is 11.0. The van der Waals surface area contributed by atoms with Crippen molar-refractivity contribution in [3.63, 3.8) is 0 Å². The highest BCUT2D eigenvalue weighted by Crippen LogP contribution is 2.36. The molecule has 32 heavy (non-hydrogen) atoms. The highest BCUT2D eigenvalue weighted by molar-refractivity contribution is 6.04. The minimum absolute atomic E-state index is 0.185. The molecule has 2 aromatic rings. The molecule has 0 spiro atoms. The molecule has 0 aliphatic carbocycles. The van der Waals surface area contributed by atoms with E-state index in [-0.39, 0.29) is 6.03 Å². The monoisotopic (exact) mass is 432 g/mol. The molecule has 0 saturated carbocycles. The van der Waals surface area contributed by atoms with E-state index in [0.717, 1.165) is 54.9 Å². The summed E-state index contributed by atoms with van der Waals surface area (Å²) >= 11 is 0. The van der Waals surface area contributed by atoms with Crippen LogP contribution in [0, 0.1) is 12.8 Å². The number of hydrogen-bond acceptors (Lipinski definition) is 5. The number of aliphatic imine (C=N–C) groups is 1. The van der Waals surface area contributed by atoms with Gasteiger partial charge in [-0.15, -0.1) is 0 Å². The first-order valence-electron chi connectivity index (χ1n) is 11.2. The smallest absolute Gasteiger partial charge is 0.327 e. The van der Waals surface area contributed by atoms with Gasteiger partial charge >= 0.3 is 6.03 Å². The number of amides is 2. The van der Waals surface area contributed by atoms with E-state index < -0.39 is 0 Å². The Balaban J connectivity index is 1.56. The van der Waals surface area contributed by atoms with Gasteiger partial charge in [0.1, 0.15) is 5.82 Å². The third-order valence-corrected chi connectivity index (χ3v) is 6.61. The molecular formula is C25H32N6O. The second-order valence-electron chi connectivity index (χ2n) is 8.73. The molecule has 7 nitrogen and oxygen atoms in total. The summed E-state index contributed by atoms with van der Waals surface area (Å²) in [5, 5.41) is 3.02. The van der Waals surface area contributed by atoms with Crippen LogP contribution in [0.2, 0.25) is 0 Å². The van der Waals surface area contributed by atoms with Crippen LogP contribution in [-0.4, -0.2) is 43.9 Å². The number of aryl methyl sites for hydroxylation is 1. The van der Waals surface area contributed by atoms with E-state index in [4.69, 9.17) is 5.73 Å². The maximum absolute atomic E-state index is 13.2. The zero-order valence-electron chi connectivity index (χ0n) is 19.2. The molecule has 1 unspecified atom stereocenters. The van der Waals surface area contributed by atoms with Gasteiger partial charge in [0.05, 0.1) is 0 Å². The summed E-state index contributed by atoms with van der Waals surface area (Å²) in [6.07, 6.45) is 6.41. The maximum atomic E-state index is 13.2. The zero-order chi connectivity index (χ0) is 22.8. The van der Waals surface area contributed by atoms with Crippen LogP contribution in [0.15, 0.2) is 41.5 Å². The van der Waals surface area contributed by atoms with Crippen molar-refractivity contribution in [2.45, 2.75) is 33.1 Å². The second-order valence-corrected chi connectivity index (χ2v) is 8.73. The summed E-state index contributed by atoms with van der Waals surface area (Å²) in [5.41, 5.74) is 12.9. The highest BCUT2D eigenvalue weighted by Gasteiger charge is 2.30. The Labute approximate surface area is 190 Å². The van der Waals surface area contributed by atoms with E-state index in [9.17, 15) is 4.79 Å². The van der Waals surface area contributed by atoms with Crippen molar-refractivity contribution < 1.29 is 4.79 Å². The lowest BCUT2D eigenvalue weighted by atomic mass is 9.98. The molecule has 3 heterocycles. The molecule has 0 bridgehead atoms. The number of fused-ring (bicyclic) bond motifs is 1. The summed E-state index contributed by atoms with van der Waals surface area (Å²) in [5.74, 6) is 1.29. The van der Waals surface area contributed by atoms with E-state index in [1.165, 1.54) is 11.3 Å². The average molecular weight is 433 g/mol. The van der Waals surface area contributed by atoms with Crippen molar-refractivity contribution in [2.75, 3.05) is 47.5 Å². The number of anilines is 4. The van der Waals surface area contributed by atoms with Crippen molar-refractivity contribution in [2.24, 2.45) is 10.9 Å². The third kappa shape index (κ3) is 4.20. The molecule has 2 aliphatic rings. The molecule has 4 rings (SSSR count). The van der Waals surface area contributed by atoms with Gasteiger partial charge in [-0.3, -0.25) is 9.89 Å². The van der Waals surface area contributed by atoms with Gasteiger partial charge < -0.3 is 16.0 Å². The lowest BCUT2D eigenvalue weighted by molar-refractivity contribution is 0.257. The van der Waals surface area contributed by atoms with Crippen molar-refractivity contribution in [3.05, 3.63) is 53.2 Å². The van der Waals surface area contributed by atoms with Crippen LogP contribution in [-0.2, 0) is 6.42 Å². The molecule has 2 aliphatic heterocycles. The Morgan fingerprint density at radius 1 is 1.31 bits per heavy atom. The number of pyridine rings is 1. The molecule has 168 valence electrons. The minimum atomic E-state index is -0.185. The zero-order valence-corrected chi connectivity index (χ0v) is 19.2. The normalized spacial score (nSPS) is 18.7. The van der Waals surface area contributed by atoms with Crippen LogP contribution in [0.3, 0.4) is 0 Å². The molecule has 1 aromatic carbocycles. The van der Waals surface area contributed by atoms with Crippen LogP contribution in [0.4, 0.5) is 27.7 Å². The standard InChI is InChI=1S/C25H32N6O/c1-16-6-10-30(11-7-17(16)2)22-5-9-28-24-21(22)8-12-31(24)25(32)29-20-13-18(3)23(26)19(14-20)15-27-4/h5,9,13-15,17H,1,6-8,10-12,26H2,2-4H3,(H,29,32). The molecule has 1 aromatic heterocycles. The number of rotatable bonds is 3. The van der Waals surface area contributed by atoms with E-state index in [2.05, 4.69) is 39.8 Å². The number of carbonyl (C=O) groups is 1. The van der Waals surface area contributed by atoms with Gasteiger partial charge in [0, 0.05) is 67.3 Å². The SMILES string of the molecule is C=C1CCN(c2ccnc3c2CCN3C(=O)Nc2cc(C)c(N)c(C=NC)c2)CCC1C. The molecule has 1 saturated heterocycles. The lowest BCUT2D eigenvalue weighted by Gasteiger charge is -2.25. The van der Waals surface area contributed by atoms with Crippen LogP contribution < -0.4 is 20.9 Å². The Morgan fingerprint density at radius 2 is 2.12 bits per heavy atom. The van der Waals surface area contributed by atoms with Crippen molar-refractivity contribution in [3.8, 4) is 0 Å². The minimum Gasteiger partial charge on any atom is -0.398 e.